The number of fused-ring (bicyclic) bond motifs is 1. The second kappa shape index (κ2) is 5.21. The SMILES string of the molecule is CS(=O)(=O)NCc1nc(-c2ccc3c(c2)CC(=O)N3)cs1. The lowest BCUT2D eigenvalue weighted by Crippen LogP contribution is -2.21. The Balaban J connectivity index is 1.81. The molecule has 2 N–H and O–H groups in total. The first-order chi connectivity index (χ1) is 9.90. The maximum absolute atomic E-state index is 11.3. The fourth-order valence-electron chi connectivity index (χ4n) is 2.11. The molecule has 0 aliphatic carbocycles. The Labute approximate surface area is 126 Å². The van der Waals surface area contributed by atoms with E-state index in [0.29, 0.717) is 11.4 Å². The fourth-order valence-corrected chi connectivity index (χ4v) is 3.34. The van der Waals surface area contributed by atoms with Gasteiger partial charge in [-0.15, -0.1) is 11.3 Å². The molecule has 3 rings (SSSR count). The van der Waals surface area contributed by atoms with Crippen molar-refractivity contribution in [2.75, 3.05) is 11.6 Å². The predicted octanol–water partition coefficient (Wildman–Crippen LogP) is 1.35. The van der Waals surface area contributed by atoms with Gasteiger partial charge in [-0.25, -0.2) is 18.1 Å². The molecule has 6 nitrogen and oxygen atoms in total. The van der Waals surface area contributed by atoms with Crippen molar-refractivity contribution in [1.82, 2.24) is 9.71 Å². The molecule has 0 atom stereocenters. The van der Waals surface area contributed by atoms with Crippen LogP contribution in [0.2, 0.25) is 0 Å². The maximum Gasteiger partial charge on any atom is 0.228 e. The molecule has 0 saturated carbocycles. The second-order valence-corrected chi connectivity index (χ2v) is 7.59. The number of amides is 1. The molecular weight excluding hydrogens is 310 g/mol. The number of aromatic nitrogens is 1. The summed E-state index contributed by atoms with van der Waals surface area (Å²) < 4.78 is 24.5. The molecule has 0 fully saturated rings. The van der Waals surface area contributed by atoms with Gasteiger partial charge in [0.25, 0.3) is 0 Å². The van der Waals surface area contributed by atoms with E-state index in [0.717, 1.165) is 28.8 Å². The third-order valence-electron chi connectivity index (χ3n) is 3.06. The van der Waals surface area contributed by atoms with Gasteiger partial charge in [-0.2, -0.15) is 0 Å². The van der Waals surface area contributed by atoms with Gasteiger partial charge in [0.2, 0.25) is 15.9 Å². The van der Waals surface area contributed by atoms with Crippen LogP contribution in [-0.2, 0) is 27.8 Å². The average molecular weight is 323 g/mol. The van der Waals surface area contributed by atoms with Gasteiger partial charge in [0.05, 0.1) is 24.9 Å². The molecule has 0 bridgehead atoms. The molecule has 1 amide bonds. The third kappa shape index (κ3) is 3.29. The van der Waals surface area contributed by atoms with Crippen molar-refractivity contribution < 1.29 is 13.2 Å². The smallest absolute Gasteiger partial charge is 0.228 e. The Morgan fingerprint density at radius 2 is 2.24 bits per heavy atom. The summed E-state index contributed by atoms with van der Waals surface area (Å²) in [7, 11) is -3.22. The van der Waals surface area contributed by atoms with Gasteiger partial charge in [0.15, 0.2) is 0 Å². The summed E-state index contributed by atoms with van der Waals surface area (Å²) in [5, 5.41) is 5.36. The Bertz CT molecular complexity index is 812. The van der Waals surface area contributed by atoms with Crippen molar-refractivity contribution in [1.29, 1.82) is 0 Å². The normalized spacial score (nSPS) is 14.0. The molecule has 2 aromatic rings. The fraction of sp³-hybridized carbons (Fsp3) is 0.231. The molecule has 1 aromatic carbocycles. The molecule has 21 heavy (non-hydrogen) atoms. The number of rotatable bonds is 4. The molecule has 2 heterocycles. The highest BCUT2D eigenvalue weighted by Gasteiger charge is 2.18. The van der Waals surface area contributed by atoms with E-state index in [9.17, 15) is 13.2 Å². The van der Waals surface area contributed by atoms with Crippen molar-refractivity contribution in [3.63, 3.8) is 0 Å². The second-order valence-electron chi connectivity index (χ2n) is 4.82. The Hall–Kier alpha value is -1.77. The van der Waals surface area contributed by atoms with E-state index in [1.165, 1.54) is 11.3 Å². The van der Waals surface area contributed by atoms with E-state index in [2.05, 4.69) is 15.0 Å². The molecule has 1 aliphatic heterocycles. The third-order valence-corrected chi connectivity index (χ3v) is 4.58. The number of benzene rings is 1. The standard InChI is InChI=1S/C13H13N3O3S2/c1-21(18,19)14-6-13-16-11(7-20-13)8-2-3-10-9(4-8)5-12(17)15-10/h2-4,7,14H,5-6H2,1H3,(H,15,17). The highest BCUT2D eigenvalue weighted by atomic mass is 32.2. The van der Waals surface area contributed by atoms with Crippen LogP contribution in [0.15, 0.2) is 23.6 Å². The number of thiazole rings is 1. The minimum atomic E-state index is -3.22. The molecule has 1 aliphatic rings. The first-order valence-electron chi connectivity index (χ1n) is 6.23. The first kappa shape index (κ1) is 14.2. The van der Waals surface area contributed by atoms with E-state index in [4.69, 9.17) is 0 Å². The number of sulfonamides is 1. The zero-order valence-corrected chi connectivity index (χ0v) is 12.8. The Morgan fingerprint density at radius 3 is 3.00 bits per heavy atom. The highest BCUT2D eigenvalue weighted by molar-refractivity contribution is 7.88. The quantitative estimate of drug-likeness (QED) is 0.889. The van der Waals surface area contributed by atoms with E-state index < -0.39 is 10.0 Å². The number of carbonyl (C=O) groups excluding carboxylic acids is 1. The van der Waals surface area contributed by atoms with Crippen LogP contribution in [-0.4, -0.2) is 25.6 Å². The van der Waals surface area contributed by atoms with Crippen LogP contribution >= 0.6 is 11.3 Å². The van der Waals surface area contributed by atoms with Crippen LogP contribution < -0.4 is 10.0 Å². The maximum atomic E-state index is 11.3. The summed E-state index contributed by atoms with van der Waals surface area (Å²) in [6.07, 6.45) is 1.50. The predicted molar refractivity (Wildman–Crippen MR) is 81.6 cm³/mol. The largest absolute Gasteiger partial charge is 0.326 e. The summed E-state index contributed by atoms with van der Waals surface area (Å²) in [6.45, 7) is 0.189. The summed E-state index contributed by atoms with van der Waals surface area (Å²) >= 11 is 1.40. The minimum Gasteiger partial charge on any atom is -0.326 e. The van der Waals surface area contributed by atoms with Gasteiger partial charge in [-0.3, -0.25) is 4.79 Å². The molecule has 0 spiro atoms. The van der Waals surface area contributed by atoms with Gasteiger partial charge in [-0.1, -0.05) is 6.07 Å². The lowest BCUT2D eigenvalue weighted by Gasteiger charge is -2.01. The zero-order chi connectivity index (χ0) is 15.0. The van der Waals surface area contributed by atoms with Crippen molar-refractivity contribution in [2.45, 2.75) is 13.0 Å². The number of hydrogen-bond donors (Lipinski definition) is 2. The van der Waals surface area contributed by atoms with Gasteiger partial charge >= 0.3 is 0 Å². The van der Waals surface area contributed by atoms with E-state index in [1.54, 1.807) is 0 Å². The lowest BCUT2D eigenvalue weighted by molar-refractivity contribution is -0.115. The van der Waals surface area contributed by atoms with E-state index in [-0.39, 0.29) is 12.5 Å². The number of hydrogen-bond acceptors (Lipinski definition) is 5. The zero-order valence-electron chi connectivity index (χ0n) is 11.2. The number of carbonyl (C=O) groups is 1. The van der Waals surface area contributed by atoms with Gasteiger partial charge < -0.3 is 5.32 Å². The van der Waals surface area contributed by atoms with Gasteiger partial charge in [0.1, 0.15) is 5.01 Å². The van der Waals surface area contributed by atoms with E-state index >= 15 is 0 Å². The summed E-state index contributed by atoms with van der Waals surface area (Å²) in [5.41, 5.74) is 3.51. The van der Waals surface area contributed by atoms with Crippen molar-refractivity contribution in [3.8, 4) is 11.3 Å². The summed E-state index contributed by atoms with van der Waals surface area (Å²) in [5.74, 6) is -0.00142. The minimum absolute atomic E-state index is 0.00142. The molecule has 1 aromatic heterocycles. The summed E-state index contributed by atoms with van der Waals surface area (Å²) in [4.78, 5) is 15.8. The Morgan fingerprint density at radius 1 is 1.43 bits per heavy atom. The van der Waals surface area contributed by atoms with Crippen LogP contribution in [0.5, 0.6) is 0 Å². The molecule has 0 radical (unpaired) electrons. The van der Waals surface area contributed by atoms with Gasteiger partial charge in [0, 0.05) is 16.6 Å². The molecule has 0 saturated heterocycles. The van der Waals surface area contributed by atoms with E-state index in [1.807, 2.05) is 23.6 Å². The highest BCUT2D eigenvalue weighted by Crippen LogP contribution is 2.29. The topological polar surface area (TPSA) is 88.2 Å². The monoisotopic (exact) mass is 323 g/mol. The van der Waals surface area contributed by atoms with Crippen molar-refractivity contribution in [3.05, 3.63) is 34.2 Å². The molecular formula is C13H13N3O3S2. The number of nitrogens with one attached hydrogen (secondary N) is 2. The number of nitrogens with zero attached hydrogens (tertiary/aromatic N) is 1. The molecule has 110 valence electrons. The van der Waals surface area contributed by atoms with Gasteiger partial charge in [-0.05, 0) is 17.7 Å². The summed E-state index contributed by atoms with van der Waals surface area (Å²) in [6, 6.07) is 5.70. The number of anilines is 1. The Kier molecular flexibility index (Phi) is 3.52. The van der Waals surface area contributed by atoms with Crippen LogP contribution in [0, 0.1) is 0 Å². The van der Waals surface area contributed by atoms with Crippen molar-refractivity contribution in [2.24, 2.45) is 0 Å². The first-order valence-corrected chi connectivity index (χ1v) is 9.00. The van der Waals surface area contributed by atoms with Crippen molar-refractivity contribution >= 4 is 33.0 Å². The van der Waals surface area contributed by atoms with Crippen LogP contribution in [0.3, 0.4) is 0 Å². The van der Waals surface area contributed by atoms with Crippen LogP contribution in [0.1, 0.15) is 10.6 Å². The van der Waals surface area contributed by atoms with Crippen LogP contribution in [0.25, 0.3) is 11.3 Å². The molecule has 8 heteroatoms. The molecule has 0 unspecified atom stereocenters. The van der Waals surface area contributed by atoms with Crippen LogP contribution in [0.4, 0.5) is 5.69 Å². The average Bonchev–Trinajstić information content (AvgIpc) is 2.99. The lowest BCUT2D eigenvalue weighted by atomic mass is 10.1.